The summed E-state index contributed by atoms with van der Waals surface area (Å²) in [7, 11) is 0. The van der Waals surface area contributed by atoms with Crippen LogP contribution in [0.2, 0.25) is 0 Å². The molecule has 5 heteroatoms. The second kappa shape index (κ2) is 9.34. The summed E-state index contributed by atoms with van der Waals surface area (Å²) < 4.78 is 19.2. The lowest BCUT2D eigenvalue weighted by Crippen LogP contribution is -2.55. The highest BCUT2D eigenvalue weighted by atomic mass is 19.1. The Bertz CT molecular complexity index is 1190. The highest BCUT2D eigenvalue weighted by molar-refractivity contribution is 5.85. The fraction of sp³-hybridized carbons (Fsp3) is 0.467. The average molecular weight is 473 g/mol. The maximum absolute atomic E-state index is 14.2. The molecule has 0 N–H and O–H groups in total. The number of fused-ring (bicyclic) bond motifs is 3. The average Bonchev–Trinajstić information content (AvgIpc) is 3.15. The van der Waals surface area contributed by atoms with Gasteiger partial charge >= 0.3 is 0 Å². The molecule has 0 aliphatic carbocycles. The Morgan fingerprint density at radius 3 is 2.46 bits per heavy atom. The Kier molecular flexibility index (Phi) is 6.05. The van der Waals surface area contributed by atoms with Crippen LogP contribution in [0, 0.1) is 17.2 Å². The molecule has 1 amide bonds. The van der Waals surface area contributed by atoms with Gasteiger partial charge in [-0.25, -0.2) is 4.39 Å². The Hall–Kier alpha value is -2.79. The minimum Gasteiger partial charge on any atom is -0.381 e. The molecular formula is C30H33FN2O2. The van der Waals surface area contributed by atoms with Gasteiger partial charge in [0.25, 0.3) is 0 Å². The lowest BCUT2D eigenvalue weighted by Gasteiger charge is -2.46. The molecule has 0 unspecified atom stereocenters. The van der Waals surface area contributed by atoms with E-state index >= 15 is 0 Å². The predicted molar refractivity (Wildman–Crippen MR) is 134 cm³/mol. The number of hydrogen-bond donors (Lipinski definition) is 0. The van der Waals surface area contributed by atoms with Gasteiger partial charge in [0, 0.05) is 43.1 Å². The van der Waals surface area contributed by atoms with Crippen LogP contribution in [0.4, 0.5) is 4.39 Å². The molecule has 3 aliphatic heterocycles. The molecule has 0 saturated carbocycles. The zero-order valence-electron chi connectivity index (χ0n) is 20.2. The molecule has 4 nitrogen and oxygen atoms in total. The van der Waals surface area contributed by atoms with Crippen molar-refractivity contribution in [3.8, 4) is 0 Å². The van der Waals surface area contributed by atoms with Crippen LogP contribution >= 0.6 is 0 Å². The van der Waals surface area contributed by atoms with Crippen molar-refractivity contribution in [1.29, 1.82) is 0 Å². The zero-order valence-corrected chi connectivity index (χ0v) is 20.2. The van der Waals surface area contributed by atoms with E-state index in [2.05, 4.69) is 34.1 Å². The summed E-state index contributed by atoms with van der Waals surface area (Å²) in [6.07, 6.45) is 11.5. The summed E-state index contributed by atoms with van der Waals surface area (Å²) in [6, 6.07) is 15.8. The number of rotatable bonds is 5. The van der Waals surface area contributed by atoms with Gasteiger partial charge in [0.1, 0.15) is 5.82 Å². The fourth-order valence-corrected chi connectivity index (χ4v) is 6.94. The molecule has 3 saturated heterocycles. The molecule has 2 aromatic carbocycles. The van der Waals surface area contributed by atoms with Crippen LogP contribution in [0.5, 0.6) is 0 Å². The number of pyridine rings is 1. The Morgan fingerprint density at radius 1 is 1.00 bits per heavy atom. The van der Waals surface area contributed by atoms with Gasteiger partial charge in [-0.2, -0.15) is 0 Å². The van der Waals surface area contributed by atoms with E-state index in [0.717, 1.165) is 50.5 Å². The summed E-state index contributed by atoms with van der Waals surface area (Å²) in [5.41, 5.74) is 1.92. The molecule has 0 radical (unpaired) electrons. The number of ether oxygens (including phenoxy) is 1. The Labute approximate surface area is 206 Å². The predicted octanol–water partition coefficient (Wildman–Crippen LogP) is 5.73. The van der Waals surface area contributed by atoms with E-state index in [0.29, 0.717) is 43.5 Å². The number of hydrogen-bond acceptors (Lipinski definition) is 3. The van der Waals surface area contributed by atoms with Crippen LogP contribution < -0.4 is 0 Å². The molecule has 3 fully saturated rings. The number of benzene rings is 2. The number of halogens is 1. The molecule has 3 aromatic rings. The largest absolute Gasteiger partial charge is 0.381 e. The number of piperidine rings is 1. The van der Waals surface area contributed by atoms with Crippen LogP contribution in [0.3, 0.4) is 0 Å². The molecule has 2 atom stereocenters. The van der Waals surface area contributed by atoms with Crippen LogP contribution in [0.1, 0.15) is 49.7 Å². The first-order valence-corrected chi connectivity index (χ1v) is 13.1. The summed E-state index contributed by atoms with van der Waals surface area (Å²) in [5.74, 6) is 0.650. The van der Waals surface area contributed by atoms with Crippen LogP contribution in [0.25, 0.3) is 10.8 Å². The normalized spacial score (nSPS) is 25.6. The molecular weight excluding hydrogens is 439 g/mol. The van der Waals surface area contributed by atoms with Gasteiger partial charge in [-0.3, -0.25) is 9.78 Å². The van der Waals surface area contributed by atoms with Crippen molar-refractivity contribution in [3.05, 3.63) is 77.9 Å². The lowest BCUT2D eigenvalue weighted by atomic mass is 9.73. The standard InChI is InChI=1S/C30H33FN2O2/c31-25-7-5-21(6-8-25)18-30(11-13-35-14-12-30)29(34)33-26-9-10-27(33)17-22(16-26)15-24-20-32-19-23-3-1-2-4-28(23)24/h1-8,19-20,22,26-27H,9-18H2/t26-,27-/m0/s1. The lowest BCUT2D eigenvalue weighted by molar-refractivity contribution is -0.153. The van der Waals surface area contributed by atoms with Crippen LogP contribution in [-0.4, -0.2) is 41.1 Å². The van der Waals surface area contributed by atoms with Crippen LogP contribution in [-0.2, 0) is 22.4 Å². The summed E-state index contributed by atoms with van der Waals surface area (Å²) >= 11 is 0. The number of amides is 1. The van der Waals surface area contributed by atoms with Gasteiger partial charge in [-0.15, -0.1) is 0 Å². The van der Waals surface area contributed by atoms with Crippen molar-refractivity contribution < 1.29 is 13.9 Å². The first-order valence-electron chi connectivity index (χ1n) is 13.1. The smallest absolute Gasteiger partial charge is 0.229 e. The molecule has 6 rings (SSSR count). The topological polar surface area (TPSA) is 42.4 Å². The van der Waals surface area contributed by atoms with Gasteiger partial charge in [-0.05, 0) is 85.9 Å². The minimum atomic E-state index is -0.441. The SMILES string of the molecule is O=C(N1[C@H]2CC[C@H]1CC(Cc1cncc3ccccc13)C2)C1(Cc2ccc(F)cc2)CCOCC1. The van der Waals surface area contributed by atoms with Crippen molar-refractivity contribution in [2.75, 3.05) is 13.2 Å². The van der Waals surface area contributed by atoms with Gasteiger partial charge < -0.3 is 9.64 Å². The third-order valence-electron chi connectivity index (χ3n) is 8.68. The van der Waals surface area contributed by atoms with E-state index in [1.807, 2.05) is 24.5 Å². The summed E-state index contributed by atoms with van der Waals surface area (Å²) in [5, 5.41) is 2.50. The number of nitrogens with zero attached hydrogens (tertiary/aromatic N) is 2. The molecule has 0 spiro atoms. The third-order valence-corrected chi connectivity index (χ3v) is 8.68. The monoisotopic (exact) mass is 472 g/mol. The van der Waals surface area contributed by atoms with E-state index in [1.54, 1.807) is 0 Å². The molecule has 1 aromatic heterocycles. The third kappa shape index (κ3) is 4.35. The van der Waals surface area contributed by atoms with Gasteiger partial charge in [0.05, 0.1) is 5.41 Å². The second-order valence-corrected chi connectivity index (χ2v) is 10.9. The van der Waals surface area contributed by atoms with Crippen molar-refractivity contribution in [3.63, 3.8) is 0 Å². The number of carbonyl (C=O) groups excluding carboxylic acids is 1. The first kappa shape index (κ1) is 22.7. The number of carbonyl (C=O) groups is 1. The molecule has 3 aliphatic rings. The van der Waals surface area contributed by atoms with E-state index in [4.69, 9.17) is 4.74 Å². The minimum absolute atomic E-state index is 0.234. The fourth-order valence-electron chi connectivity index (χ4n) is 6.94. The molecule has 182 valence electrons. The van der Waals surface area contributed by atoms with E-state index in [9.17, 15) is 9.18 Å². The first-order chi connectivity index (χ1) is 17.1. The molecule has 2 bridgehead atoms. The van der Waals surface area contributed by atoms with Crippen molar-refractivity contribution >= 4 is 16.7 Å². The summed E-state index contributed by atoms with van der Waals surface area (Å²) in [4.78, 5) is 21.0. The maximum atomic E-state index is 14.2. The second-order valence-electron chi connectivity index (χ2n) is 10.9. The zero-order chi connectivity index (χ0) is 23.8. The number of aromatic nitrogens is 1. The highest BCUT2D eigenvalue weighted by Gasteiger charge is 2.50. The Balaban J connectivity index is 1.21. The quantitative estimate of drug-likeness (QED) is 0.477. The van der Waals surface area contributed by atoms with Crippen molar-refractivity contribution in [2.24, 2.45) is 11.3 Å². The van der Waals surface area contributed by atoms with Crippen molar-refractivity contribution in [1.82, 2.24) is 9.88 Å². The van der Waals surface area contributed by atoms with E-state index < -0.39 is 5.41 Å². The molecule has 35 heavy (non-hydrogen) atoms. The van der Waals surface area contributed by atoms with E-state index in [1.165, 1.54) is 28.5 Å². The molecule has 4 heterocycles. The van der Waals surface area contributed by atoms with Gasteiger partial charge in [0.15, 0.2) is 0 Å². The Morgan fingerprint density at radius 2 is 1.71 bits per heavy atom. The highest BCUT2D eigenvalue weighted by Crippen LogP contribution is 2.45. The van der Waals surface area contributed by atoms with Gasteiger partial charge in [-0.1, -0.05) is 36.4 Å². The maximum Gasteiger partial charge on any atom is 0.229 e. The van der Waals surface area contributed by atoms with E-state index in [-0.39, 0.29) is 5.82 Å². The summed E-state index contributed by atoms with van der Waals surface area (Å²) in [6.45, 7) is 1.24. The van der Waals surface area contributed by atoms with Crippen LogP contribution in [0.15, 0.2) is 60.9 Å². The van der Waals surface area contributed by atoms with Gasteiger partial charge in [0.2, 0.25) is 5.91 Å². The van der Waals surface area contributed by atoms with Crippen molar-refractivity contribution in [2.45, 2.75) is 63.5 Å².